The highest BCUT2D eigenvalue weighted by Gasteiger charge is 2.26. The van der Waals surface area contributed by atoms with Crippen molar-refractivity contribution in [2.24, 2.45) is 5.92 Å². The van der Waals surface area contributed by atoms with E-state index in [2.05, 4.69) is 17.0 Å². The molecule has 0 aromatic heterocycles. The molecule has 2 N–H and O–H groups in total. The van der Waals surface area contributed by atoms with E-state index in [-0.39, 0.29) is 18.4 Å². The van der Waals surface area contributed by atoms with Gasteiger partial charge in [-0.05, 0) is 44.5 Å². The highest BCUT2D eigenvalue weighted by molar-refractivity contribution is 7.89. The minimum atomic E-state index is -3.39. The van der Waals surface area contributed by atoms with Crippen molar-refractivity contribution in [3.63, 3.8) is 0 Å². The van der Waals surface area contributed by atoms with E-state index in [1.54, 1.807) is 12.1 Å². The first-order valence-electron chi connectivity index (χ1n) is 6.29. The summed E-state index contributed by atoms with van der Waals surface area (Å²) in [6.07, 6.45) is 0.840. The lowest BCUT2D eigenvalue weighted by Gasteiger charge is -2.29. The molecule has 0 spiro atoms. The molecule has 1 aromatic carbocycles. The Hall–Kier alpha value is -0.620. The van der Waals surface area contributed by atoms with Gasteiger partial charge in [-0.3, -0.25) is 0 Å². The zero-order valence-electron chi connectivity index (χ0n) is 11.2. The normalized spacial score (nSPS) is 23.7. The lowest BCUT2D eigenvalue weighted by Crippen LogP contribution is -2.48. The lowest BCUT2D eigenvalue weighted by molar-refractivity contribution is 0.328. The Morgan fingerprint density at radius 1 is 1.26 bits per heavy atom. The largest absolute Gasteiger partial charge is 0.316 e. The van der Waals surface area contributed by atoms with E-state index >= 15 is 0 Å². The van der Waals surface area contributed by atoms with E-state index in [1.165, 1.54) is 0 Å². The molecule has 4 nitrogen and oxygen atoms in total. The van der Waals surface area contributed by atoms with Gasteiger partial charge in [0.05, 0.1) is 4.90 Å². The fraction of sp³-hybridized carbons (Fsp3) is 0.538. The van der Waals surface area contributed by atoms with Crippen molar-refractivity contribution in [1.82, 2.24) is 10.0 Å². The molecule has 2 rings (SSSR count). The van der Waals surface area contributed by atoms with Crippen LogP contribution in [0.2, 0.25) is 0 Å². The van der Waals surface area contributed by atoms with Gasteiger partial charge in [-0.1, -0.05) is 24.6 Å². The maximum absolute atomic E-state index is 12.2. The van der Waals surface area contributed by atoms with Crippen LogP contribution in [0.1, 0.15) is 18.9 Å². The van der Waals surface area contributed by atoms with Crippen molar-refractivity contribution in [1.29, 1.82) is 0 Å². The third-order valence-electron chi connectivity index (χ3n) is 3.42. The first-order chi connectivity index (χ1) is 8.49. The summed E-state index contributed by atoms with van der Waals surface area (Å²) in [6, 6.07) is 6.98. The summed E-state index contributed by atoms with van der Waals surface area (Å²) in [6.45, 7) is 5.74. The van der Waals surface area contributed by atoms with Crippen molar-refractivity contribution < 1.29 is 8.42 Å². The van der Waals surface area contributed by atoms with Crippen molar-refractivity contribution >= 4 is 22.4 Å². The van der Waals surface area contributed by atoms with Crippen LogP contribution in [0.3, 0.4) is 0 Å². The number of benzene rings is 1. The highest BCUT2D eigenvalue weighted by atomic mass is 35.5. The first kappa shape index (κ1) is 16.4. The summed E-state index contributed by atoms with van der Waals surface area (Å²) in [5.41, 5.74) is 1.06. The standard InChI is InChI=1S/C13H20N2O2S.ClH/c1-10-3-5-12(6-4-10)18(16,17)15-13-7-8-14-9-11(13)2;/h3-6,11,13-15H,7-9H2,1-2H3;1H. The monoisotopic (exact) mass is 304 g/mol. The van der Waals surface area contributed by atoms with Gasteiger partial charge in [-0.15, -0.1) is 12.4 Å². The summed E-state index contributed by atoms with van der Waals surface area (Å²) in [5.74, 6) is 0.318. The summed E-state index contributed by atoms with van der Waals surface area (Å²) < 4.78 is 27.3. The maximum Gasteiger partial charge on any atom is 0.240 e. The molecule has 1 aromatic rings. The zero-order chi connectivity index (χ0) is 13.2. The van der Waals surface area contributed by atoms with E-state index < -0.39 is 10.0 Å². The second kappa shape index (κ2) is 6.70. The third kappa shape index (κ3) is 4.18. The van der Waals surface area contributed by atoms with Gasteiger partial charge in [0, 0.05) is 6.04 Å². The van der Waals surface area contributed by atoms with E-state index in [9.17, 15) is 8.42 Å². The summed E-state index contributed by atoms with van der Waals surface area (Å²) in [5, 5.41) is 3.26. The lowest BCUT2D eigenvalue weighted by atomic mass is 9.97. The van der Waals surface area contributed by atoms with E-state index in [0.717, 1.165) is 25.1 Å². The second-order valence-corrected chi connectivity index (χ2v) is 6.72. The predicted octanol–water partition coefficient (Wildman–Crippen LogP) is 1.69. The molecule has 0 radical (unpaired) electrons. The Balaban J connectivity index is 0.00000180. The zero-order valence-corrected chi connectivity index (χ0v) is 12.9. The van der Waals surface area contributed by atoms with Crippen LogP contribution in [0.5, 0.6) is 0 Å². The molecule has 1 fully saturated rings. The fourth-order valence-corrected chi connectivity index (χ4v) is 3.55. The van der Waals surface area contributed by atoms with Crippen LogP contribution in [-0.4, -0.2) is 27.5 Å². The molecule has 0 aliphatic carbocycles. The average molecular weight is 305 g/mol. The number of hydrogen-bond acceptors (Lipinski definition) is 3. The first-order valence-corrected chi connectivity index (χ1v) is 7.77. The molecular formula is C13H21ClN2O2S. The molecule has 1 heterocycles. The Bertz CT molecular complexity index is 502. The Kier molecular flexibility index (Phi) is 5.80. The maximum atomic E-state index is 12.2. The molecule has 1 aliphatic rings. The summed E-state index contributed by atoms with van der Waals surface area (Å²) >= 11 is 0. The van der Waals surface area contributed by atoms with Gasteiger partial charge in [0.1, 0.15) is 0 Å². The number of piperidine rings is 1. The summed E-state index contributed by atoms with van der Waals surface area (Å²) in [4.78, 5) is 0.346. The molecular weight excluding hydrogens is 284 g/mol. The minimum absolute atomic E-state index is 0. The van der Waals surface area contributed by atoms with Crippen molar-refractivity contribution in [2.75, 3.05) is 13.1 Å². The molecule has 6 heteroatoms. The van der Waals surface area contributed by atoms with E-state index in [1.807, 2.05) is 19.1 Å². The number of nitrogens with one attached hydrogen (secondary N) is 2. The Morgan fingerprint density at radius 3 is 2.47 bits per heavy atom. The molecule has 0 amide bonds. The fourth-order valence-electron chi connectivity index (χ4n) is 2.17. The smallest absolute Gasteiger partial charge is 0.240 e. The number of halogens is 1. The molecule has 1 aliphatic heterocycles. The SMILES string of the molecule is Cc1ccc(S(=O)(=O)NC2CCNCC2C)cc1.Cl. The van der Waals surface area contributed by atoms with Crippen LogP contribution >= 0.6 is 12.4 Å². The van der Waals surface area contributed by atoms with Gasteiger partial charge in [-0.2, -0.15) is 0 Å². The highest BCUT2D eigenvalue weighted by Crippen LogP contribution is 2.16. The average Bonchev–Trinajstić information content (AvgIpc) is 2.32. The predicted molar refractivity (Wildman–Crippen MR) is 79.2 cm³/mol. The quantitative estimate of drug-likeness (QED) is 0.893. The van der Waals surface area contributed by atoms with Crippen LogP contribution in [0, 0.1) is 12.8 Å². The van der Waals surface area contributed by atoms with Crippen molar-refractivity contribution in [3.8, 4) is 0 Å². The molecule has 2 unspecified atom stereocenters. The Labute approximate surface area is 121 Å². The van der Waals surface area contributed by atoms with Gasteiger partial charge in [-0.25, -0.2) is 13.1 Å². The molecule has 2 atom stereocenters. The van der Waals surface area contributed by atoms with Crippen LogP contribution in [-0.2, 0) is 10.0 Å². The molecule has 1 saturated heterocycles. The van der Waals surface area contributed by atoms with E-state index in [0.29, 0.717) is 10.8 Å². The number of sulfonamides is 1. The Morgan fingerprint density at radius 2 is 1.89 bits per heavy atom. The van der Waals surface area contributed by atoms with Crippen LogP contribution < -0.4 is 10.0 Å². The van der Waals surface area contributed by atoms with Gasteiger partial charge in [0.25, 0.3) is 0 Å². The number of rotatable bonds is 3. The van der Waals surface area contributed by atoms with E-state index in [4.69, 9.17) is 0 Å². The summed E-state index contributed by atoms with van der Waals surface area (Å²) in [7, 11) is -3.39. The van der Waals surface area contributed by atoms with Crippen molar-refractivity contribution in [3.05, 3.63) is 29.8 Å². The van der Waals surface area contributed by atoms with Gasteiger partial charge in [0.2, 0.25) is 10.0 Å². The van der Waals surface area contributed by atoms with Crippen LogP contribution in [0.4, 0.5) is 0 Å². The molecule has 0 saturated carbocycles. The topological polar surface area (TPSA) is 58.2 Å². The number of hydrogen-bond donors (Lipinski definition) is 2. The van der Waals surface area contributed by atoms with Gasteiger partial charge in [0.15, 0.2) is 0 Å². The van der Waals surface area contributed by atoms with Gasteiger partial charge >= 0.3 is 0 Å². The minimum Gasteiger partial charge on any atom is -0.316 e. The van der Waals surface area contributed by atoms with Crippen LogP contribution in [0.15, 0.2) is 29.2 Å². The molecule has 19 heavy (non-hydrogen) atoms. The van der Waals surface area contributed by atoms with Crippen LogP contribution in [0.25, 0.3) is 0 Å². The van der Waals surface area contributed by atoms with Gasteiger partial charge < -0.3 is 5.32 Å². The van der Waals surface area contributed by atoms with Crippen molar-refractivity contribution in [2.45, 2.75) is 31.2 Å². The molecule has 108 valence electrons. The third-order valence-corrected chi connectivity index (χ3v) is 4.93. The molecule has 0 bridgehead atoms. The second-order valence-electron chi connectivity index (χ2n) is 5.01. The number of aryl methyl sites for hydroxylation is 1.